The lowest BCUT2D eigenvalue weighted by Crippen LogP contribution is -2.51. The second-order valence-corrected chi connectivity index (χ2v) is 6.22. The molecule has 1 aliphatic rings. The molecule has 1 amide bonds. The van der Waals surface area contributed by atoms with Gasteiger partial charge in [-0.25, -0.2) is 0 Å². The average Bonchev–Trinajstić information content (AvgIpc) is 2.38. The zero-order valence-electron chi connectivity index (χ0n) is 11.9. The molecule has 5 heteroatoms. The summed E-state index contributed by atoms with van der Waals surface area (Å²) in [7, 11) is 0. The monoisotopic (exact) mass is 316 g/mol. The molecular weight excluding hydrogens is 295 g/mol. The molecule has 1 unspecified atom stereocenters. The summed E-state index contributed by atoms with van der Waals surface area (Å²) in [5, 5.41) is 0.687. The van der Waals surface area contributed by atoms with Crippen LogP contribution in [0.5, 0.6) is 0 Å². The topological polar surface area (TPSA) is 46.3 Å². The first-order valence-corrected chi connectivity index (χ1v) is 7.10. The van der Waals surface area contributed by atoms with Crippen molar-refractivity contribution in [1.29, 1.82) is 0 Å². The lowest BCUT2D eigenvalue weighted by molar-refractivity contribution is -0.137. The van der Waals surface area contributed by atoms with E-state index in [0.717, 1.165) is 24.9 Å². The number of hydrogen-bond acceptors (Lipinski definition) is 2. The van der Waals surface area contributed by atoms with Crippen molar-refractivity contribution in [3.63, 3.8) is 0 Å². The second-order valence-electron chi connectivity index (χ2n) is 5.79. The highest BCUT2D eigenvalue weighted by Crippen LogP contribution is 2.28. The Morgan fingerprint density at radius 2 is 1.95 bits per heavy atom. The molecule has 0 spiro atoms. The summed E-state index contributed by atoms with van der Waals surface area (Å²) >= 11 is 5.90. The minimum atomic E-state index is -0.540. The van der Waals surface area contributed by atoms with E-state index in [2.05, 4.69) is 0 Å². The van der Waals surface area contributed by atoms with Crippen LogP contribution in [0.15, 0.2) is 24.3 Å². The van der Waals surface area contributed by atoms with Crippen molar-refractivity contribution in [2.45, 2.75) is 38.1 Å². The van der Waals surface area contributed by atoms with E-state index in [1.54, 1.807) is 0 Å². The van der Waals surface area contributed by atoms with Crippen molar-refractivity contribution in [3.8, 4) is 0 Å². The number of nitrogens with two attached hydrogens (primary N) is 1. The number of amides is 1. The van der Waals surface area contributed by atoms with Crippen LogP contribution in [0.3, 0.4) is 0 Å². The summed E-state index contributed by atoms with van der Waals surface area (Å²) in [6, 6.07) is 7.61. The van der Waals surface area contributed by atoms with Crippen molar-refractivity contribution in [2.24, 2.45) is 5.73 Å². The minimum Gasteiger partial charge on any atom is -0.340 e. The van der Waals surface area contributed by atoms with E-state index in [4.69, 9.17) is 17.3 Å². The first kappa shape index (κ1) is 17.3. The van der Waals surface area contributed by atoms with Crippen LogP contribution in [0.4, 0.5) is 0 Å². The van der Waals surface area contributed by atoms with Gasteiger partial charge in [0.2, 0.25) is 5.91 Å². The molecule has 1 saturated heterocycles. The van der Waals surface area contributed by atoms with Crippen LogP contribution < -0.4 is 5.73 Å². The molecule has 2 rings (SSSR count). The van der Waals surface area contributed by atoms with Gasteiger partial charge in [0.15, 0.2) is 0 Å². The van der Waals surface area contributed by atoms with Crippen LogP contribution in [-0.2, 0) is 10.2 Å². The van der Waals surface area contributed by atoms with Crippen LogP contribution in [0, 0.1) is 0 Å². The molecule has 0 aliphatic carbocycles. The van der Waals surface area contributed by atoms with Crippen LogP contribution in [0.2, 0.25) is 5.02 Å². The van der Waals surface area contributed by atoms with Gasteiger partial charge in [0.25, 0.3) is 0 Å². The summed E-state index contributed by atoms with van der Waals surface area (Å²) in [4.78, 5) is 14.6. The van der Waals surface area contributed by atoms with Gasteiger partial charge >= 0.3 is 0 Å². The smallest absolute Gasteiger partial charge is 0.232 e. The first-order chi connectivity index (χ1) is 8.91. The molecule has 0 radical (unpaired) electrons. The zero-order valence-corrected chi connectivity index (χ0v) is 13.5. The Morgan fingerprint density at radius 1 is 1.35 bits per heavy atom. The fourth-order valence-corrected chi connectivity index (χ4v) is 2.71. The molecule has 2 N–H and O–H groups in total. The Balaban J connectivity index is 0.00000200. The number of carbonyl (C=O) groups excluding carboxylic acids is 1. The fourth-order valence-electron chi connectivity index (χ4n) is 2.58. The van der Waals surface area contributed by atoms with Crippen LogP contribution in [0.25, 0.3) is 0 Å². The molecule has 1 aromatic rings. The third-order valence-electron chi connectivity index (χ3n) is 3.85. The number of likely N-dealkylation sites (tertiary alicyclic amines) is 1. The van der Waals surface area contributed by atoms with Gasteiger partial charge in [-0.15, -0.1) is 12.4 Å². The summed E-state index contributed by atoms with van der Waals surface area (Å²) in [5.74, 6) is 0.143. The molecular formula is C15H22Cl2N2O. The van der Waals surface area contributed by atoms with Crippen molar-refractivity contribution in [2.75, 3.05) is 13.1 Å². The highest BCUT2D eigenvalue weighted by molar-refractivity contribution is 6.30. The predicted molar refractivity (Wildman–Crippen MR) is 85.5 cm³/mol. The quantitative estimate of drug-likeness (QED) is 0.911. The number of carbonyl (C=O) groups is 1. The van der Waals surface area contributed by atoms with Gasteiger partial charge < -0.3 is 10.6 Å². The molecule has 1 heterocycles. The number of piperidine rings is 1. The highest BCUT2D eigenvalue weighted by atomic mass is 35.5. The van der Waals surface area contributed by atoms with E-state index >= 15 is 0 Å². The normalized spacial score (nSPS) is 19.4. The molecule has 1 aromatic carbocycles. The summed E-state index contributed by atoms with van der Waals surface area (Å²) in [6.07, 6.45) is 1.99. The number of nitrogens with zero attached hydrogens (tertiary/aromatic N) is 1. The van der Waals surface area contributed by atoms with E-state index in [0.29, 0.717) is 11.6 Å². The molecule has 112 valence electrons. The van der Waals surface area contributed by atoms with Gasteiger partial charge in [-0.3, -0.25) is 4.79 Å². The molecule has 20 heavy (non-hydrogen) atoms. The maximum atomic E-state index is 12.7. The van der Waals surface area contributed by atoms with Gasteiger partial charge in [0.05, 0.1) is 5.41 Å². The maximum absolute atomic E-state index is 12.7. The Bertz CT molecular complexity index is 459. The lowest BCUT2D eigenvalue weighted by Gasteiger charge is -2.36. The Kier molecular flexibility index (Phi) is 5.87. The van der Waals surface area contributed by atoms with Gasteiger partial charge in [0.1, 0.15) is 0 Å². The van der Waals surface area contributed by atoms with E-state index in [1.165, 1.54) is 0 Å². The summed E-state index contributed by atoms with van der Waals surface area (Å²) < 4.78 is 0. The number of rotatable bonds is 2. The van der Waals surface area contributed by atoms with Crippen molar-refractivity contribution in [3.05, 3.63) is 34.9 Å². The molecule has 1 atom stereocenters. The third-order valence-corrected chi connectivity index (χ3v) is 4.10. The van der Waals surface area contributed by atoms with E-state index in [1.807, 2.05) is 43.0 Å². The Labute approximate surface area is 131 Å². The number of benzene rings is 1. The van der Waals surface area contributed by atoms with Gasteiger partial charge in [-0.1, -0.05) is 23.7 Å². The van der Waals surface area contributed by atoms with E-state index in [-0.39, 0.29) is 24.4 Å². The largest absolute Gasteiger partial charge is 0.340 e. The van der Waals surface area contributed by atoms with Crippen molar-refractivity contribution < 1.29 is 4.79 Å². The Morgan fingerprint density at radius 3 is 2.50 bits per heavy atom. The molecule has 3 nitrogen and oxygen atoms in total. The van der Waals surface area contributed by atoms with Crippen molar-refractivity contribution in [1.82, 2.24) is 4.90 Å². The SMILES string of the molecule is CC(C)(C(=O)N1CCCC(N)C1)c1ccc(Cl)cc1.Cl. The van der Waals surface area contributed by atoms with Crippen molar-refractivity contribution >= 4 is 29.9 Å². The van der Waals surface area contributed by atoms with E-state index < -0.39 is 5.41 Å². The van der Waals surface area contributed by atoms with E-state index in [9.17, 15) is 4.79 Å². The zero-order chi connectivity index (χ0) is 14.0. The van der Waals surface area contributed by atoms with Gasteiger partial charge in [0, 0.05) is 24.2 Å². The van der Waals surface area contributed by atoms with Crippen LogP contribution >= 0.6 is 24.0 Å². The highest BCUT2D eigenvalue weighted by Gasteiger charge is 2.35. The molecule has 0 aromatic heterocycles. The maximum Gasteiger partial charge on any atom is 0.232 e. The van der Waals surface area contributed by atoms with Gasteiger partial charge in [-0.05, 0) is 44.4 Å². The first-order valence-electron chi connectivity index (χ1n) is 6.72. The summed E-state index contributed by atoms with van der Waals surface area (Å²) in [5.41, 5.74) is 6.40. The third kappa shape index (κ3) is 3.66. The molecule has 1 aliphatic heterocycles. The number of halogens is 2. The molecule has 0 bridgehead atoms. The number of hydrogen-bond donors (Lipinski definition) is 1. The van der Waals surface area contributed by atoms with Crippen LogP contribution in [0.1, 0.15) is 32.3 Å². The average molecular weight is 317 g/mol. The molecule has 1 fully saturated rings. The van der Waals surface area contributed by atoms with Gasteiger partial charge in [-0.2, -0.15) is 0 Å². The Hall–Kier alpha value is -0.770. The summed E-state index contributed by atoms with van der Waals surface area (Å²) in [6.45, 7) is 5.39. The standard InChI is InChI=1S/C15H21ClN2O.ClH/c1-15(2,11-5-7-12(16)8-6-11)14(19)18-9-3-4-13(17)10-18;/h5-8,13H,3-4,9-10,17H2,1-2H3;1H. The minimum absolute atomic E-state index is 0. The van der Waals surface area contributed by atoms with Crippen LogP contribution in [-0.4, -0.2) is 29.9 Å². The predicted octanol–water partition coefficient (Wildman–Crippen LogP) is 2.99. The fraction of sp³-hybridized carbons (Fsp3) is 0.533. The molecule has 0 saturated carbocycles. The second kappa shape index (κ2) is 6.79. The lowest BCUT2D eigenvalue weighted by atomic mass is 9.82.